The van der Waals surface area contributed by atoms with E-state index in [1.54, 1.807) is 0 Å². The molecule has 1 atom stereocenters. The van der Waals surface area contributed by atoms with Gasteiger partial charge in [-0.15, -0.1) is 12.4 Å². The average molecular weight is 347 g/mol. The fraction of sp³-hybridized carbons (Fsp3) is 0.588. The third kappa shape index (κ3) is 6.15. The van der Waals surface area contributed by atoms with Crippen molar-refractivity contribution in [1.82, 2.24) is 5.32 Å². The molecule has 1 amide bonds. The van der Waals surface area contributed by atoms with Crippen LogP contribution in [0.2, 0.25) is 5.02 Å². The fourth-order valence-corrected chi connectivity index (χ4v) is 2.65. The first kappa shape index (κ1) is 21.2. The maximum Gasteiger partial charge on any atom is 0.220 e. The molecule has 1 unspecified atom stereocenters. The van der Waals surface area contributed by atoms with E-state index in [9.17, 15) is 4.79 Å². The SMILES string of the molecule is CCC(CC)(CNC(=O)CCC(C)N)c1ccc(Cl)cc1.Cl. The minimum atomic E-state index is -0.0332. The number of nitrogens with one attached hydrogen (secondary N) is 1. The Morgan fingerprint density at radius 2 is 1.82 bits per heavy atom. The van der Waals surface area contributed by atoms with E-state index in [0.717, 1.165) is 24.3 Å². The molecular formula is C17H28Cl2N2O. The predicted octanol–water partition coefficient (Wildman–Crippen LogP) is 4.06. The summed E-state index contributed by atoms with van der Waals surface area (Å²) < 4.78 is 0. The molecule has 3 N–H and O–H groups in total. The van der Waals surface area contributed by atoms with Gasteiger partial charge in [-0.2, -0.15) is 0 Å². The number of carbonyl (C=O) groups excluding carboxylic acids is 1. The smallest absolute Gasteiger partial charge is 0.220 e. The van der Waals surface area contributed by atoms with Gasteiger partial charge in [0.15, 0.2) is 0 Å². The number of nitrogens with two attached hydrogens (primary N) is 1. The molecule has 0 saturated heterocycles. The van der Waals surface area contributed by atoms with E-state index in [1.165, 1.54) is 5.56 Å². The van der Waals surface area contributed by atoms with Crippen LogP contribution in [-0.4, -0.2) is 18.5 Å². The standard InChI is InChI=1S/C17H27ClN2O.ClH/c1-4-17(5-2,14-7-9-15(18)10-8-14)12-20-16(21)11-6-13(3)19;/h7-10,13H,4-6,11-12,19H2,1-3H3,(H,20,21);1H. The Balaban J connectivity index is 0.00000441. The molecule has 1 aromatic carbocycles. The van der Waals surface area contributed by atoms with Gasteiger partial charge in [-0.25, -0.2) is 0 Å². The zero-order chi connectivity index (χ0) is 15.9. The lowest BCUT2D eigenvalue weighted by Crippen LogP contribution is -2.40. The topological polar surface area (TPSA) is 55.1 Å². The lowest BCUT2D eigenvalue weighted by Gasteiger charge is -2.32. The average Bonchev–Trinajstić information content (AvgIpc) is 2.48. The van der Waals surface area contributed by atoms with Crippen LogP contribution in [0.5, 0.6) is 0 Å². The van der Waals surface area contributed by atoms with Crippen molar-refractivity contribution >= 4 is 29.9 Å². The number of benzene rings is 1. The van der Waals surface area contributed by atoms with Gasteiger partial charge in [0.2, 0.25) is 5.91 Å². The van der Waals surface area contributed by atoms with Crippen molar-refractivity contribution in [3.05, 3.63) is 34.9 Å². The van der Waals surface area contributed by atoms with Crippen LogP contribution >= 0.6 is 24.0 Å². The monoisotopic (exact) mass is 346 g/mol. The van der Waals surface area contributed by atoms with Gasteiger partial charge in [-0.3, -0.25) is 4.79 Å². The van der Waals surface area contributed by atoms with E-state index in [2.05, 4.69) is 31.3 Å². The van der Waals surface area contributed by atoms with Crippen molar-refractivity contribution in [2.24, 2.45) is 5.73 Å². The zero-order valence-corrected chi connectivity index (χ0v) is 15.3. The first-order valence-corrected chi connectivity index (χ1v) is 8.09. The van der Waals surface area contributed by atoms with Gasteiger partial charge in [-0.05, 0) is 43.9 Å². The predicted molar refractivity (Wildman–Crippen MR) is 96.9 cm³/mol. The molecule has 0 aromatic heterocycles. The lowest BCUT2D eigenvalue weighted by atomic mass is 9.76. The third-order valence-corrected chi connectivity index (χ3v) is 4.51. The first-order chi connectivity index (χ1) is 9.93. The molecule has 22 heavy (non-hydrogen) atoms. The van der Waals surface area contributed by atoms with Crippen molar-refractivity contribution < 1.29 is 4.79 Å². The van der Waals surface area contributed by atoms with Gasteiger partial charge < -0.3 is 11.1 Å². The molecule has 1 rings (SSSR count). The van der Waals surface area contributed by atoms with E-state index < -0.39 is 0 Å². The summed E-state index contributed by atoms with van der Waals surface area (Å²) in [5.41, 5.74) is 6.88. The molecule has 0 radical (unpaired) electrons. The van der Waals surface area contributed by atoms with E-state index in [-0.39, 0.29) is 29.8 Å². The molecule has 0 heterocycles. The molecule has 0 aliphatic rings. The molecule has 0 aliphatic heterocycles. The van der Waals surface area contributed by atoms with Gasteiger partial charge >= 0.3 is 0 Å². The van der Waals surface area contributed by atoms with Gasteiger partial charge in [0.05, 0.1) is 0 Å². The maximum absolute atomic E-state index is 11.9. The molecule has 0 aliphatic carbocycles. The minimum absolute atomic E-state index is 0. The fourth-order valence-electron chi connectivity index (χ4n) is 2.53. The normalized spacial score (nSPS) is 12.4. The summed E-state index contributed by atoms with van der Waals surface area (Å²) in [5.74, 6) is 0.0764. The Morgan fingerprint density at radius 3 is 2.27 bits per heavy atom. The highest BCUT2D eigenvalue weighted by molar-refractivity contribution is 6.30. The van der Waals surface area contributed by atoms with Crippen LogP contribution < -0.4 is 11.1 Å². The maximum atomic E-state index is 11.9. The van der Waals surface area contributed by atoms with Crippen LogP contribution in [0, 0.1) is 0 Å². The summed E-state index contributed by atoms with van der Waals surface area (Å²) in [7, 11) is 0. The molecule has 0 fully saturated rings. The Hall–Kier alpha value is -0.770. The van der Waals surface area contributed by atoms with Gasteiger partial charge in [0.25, 0.3) is 0 Å². The Morgan fingerprint density at radius 1 is 1.27 bits per heavy atom. The Labute approximate surface area is 145 Å². The zero-order valence-electron chi connectivity index (χ0n) is 13.7. The molecule has 1 aromatic rings. The van der Waals surface area contributed by atoms with Crippen molar-refractivity contribution in [3.63, 3.8) is 0 Å². The largest absolute Gasteiger partial charge is 0.355 e. The second-order valence-electron chi connectivity index (χ2n) is 5.79. The van der Waals surface area contributed by atoms with Gasteiger partial charge in [0, 0.05) is 29.4 Å². The van der Waals surface area contributed by atoms with Crippen molar-refractivity contribution in [1.29, 1.82) is 0 Å². The number of hydrogen-bond acceptors (Lipinski definition) is 2. The first-order valence-electron chi connectivity index (χ1n) is 7.72. The summed E-state index contributed by atoms with van der Waals surface area (Å²) in [6, 6.07) is 8.01. The molecule has 0 saturated carbocycles. The van der Waals surface area contributed by atoms with Crippen LogP contribution in [0.4, 0.5) is 0 Å². The summed E-state index contributed by atoms with van der Waals surface area (Å²) in [6.45, 7) is 6.89. The number of amides is 1. The van der Waals surface area contributed by atoms with Gasteiger partial charge in [-0.1, -0.05) is 37.6 Å². The van der Waals surface area contributed by atoms with Crippen molar-refractivity contribution in [3.8, 4) is 0 Å². The third-order valence-electron chi connectivity index (χ3n) is 4.26. The highest BCUT2D eigenvalue weighted by atomic mass is 35.5. The molecule has 0 spiro atoms. The highest BCUT2D eigenvalue weighted by Crippen LogP contribution is 2.31. The number of hydrogen-bond donors (Lipinski definition) is 2. The second kappa shape index (κ2) is 10.1. The van der Waals surface area contributed by atoms with Crippen LogP contribution in [0.25, 0.3) is 0 Å². The number of halogens is 2. The van der Waals surface area contributed by atoms with Crippen molar-refractivity contribution in [2.45, 2.75) is 57.9 Å². The summed E-state index contributed by atoms with van der Waals surface area (Å²) >= 11 is 5.96. The molecule has 126 valence electrons. The van der Waals surface area contributed by atoms with E-state index in [1.807, 2.05) is 19.1 Å². The van der Waals surface area contributed by atoms with Crippen LogP contribution in [0.3, 0.4) is 0 Å². The van der Waals surface area contributed by atoms with Crippen molar-refractivity contribution in [2.75, 3.05) is 6.54 Å². The van der Waals surface area contributed by atoms with Crippen LogP contribution in [0.1, 0.15) is 52.0 Å². The van der Waals surface area contributed by atoms with Crippen LogP contribution in [0.15, 0.2) is 24.3 Å². The highest BCUT2D eigenvalue weighted by Gasteiger charge is 2.28. The molecule has 3 nitrogen and oxygen atoms in total. The van der Waals surface area contributed by atoms with E-state index in [0.29, 0.717) is 13.0 Å². The number of rotatable bonds is 8. The molecule has 5 heteroatoms. The Kier molecular flexibility index (Phi) is 9.74. The molecular weight excluding hydrogens is 319 g/mol. The van der Waals surface area contributed by atoms with Crippen LogP contribution in [-0.2, 0) is 10.2 Å². The van der Waals surface area contributed by atoms with Gasteiger partial charge in [0.1, 0.15) is 0 Å². The quantitative estimate of drug-likeness (QED) is 0.745. The summed E-state index contributed by atoms with van der Waals surface area (Å²) in [5, 5.41) is 3.80. The number of carbonyl (C=O) groups is 1. The Bertz CT molecular complexity index is 442. The lowest BCUT2D eigenvalue weighted by molar-refractivity contribution is -0.121. The van der Waals surface area contributed by atoms with E-state index >= 15 is 0 Å². The van der Waals surface area contributed by atoms with E-state index in [4.69, 9.17) is 17.3 Å². The minimum Gasteiger partial charge on any atom is -0.355 e. The summed E-state index contributed by atoms with van der Waals surface area (Å²) in [6.07, 6.45) is 3.15. The second-order valence-corrected chi connectivity index (χ2v) is 6.22. The summed E-state index contributed by atoms with van der Waals surface area (Å²) in [4.78, 5) is 11.9. The molecule has 0 bridgehead atoms.